The van der Waals surface area contributed by atoms with Gasteiger partial charge in [-0.05, 0) is 45.5 Å². The summed E-state index contributed by atoms with van der Waals surface area (Å²) in [7, 11) is 4.16. The van der Waals surface area contributed by atoms with Gasteiger partial charge in [0.05, 0.1) is 0 Å². The lowest BCUT2D eigenvalue weighted by molar-refractivity contribution is 0.412. The van der Waals surface area contributed by atoms with Crippen LogP contribution >= 0.6 is 11.6 Å². The van der Waals surface area contributed by atoms with E-state index in [-0.39, 0.29) is 0 Å². The van der Waals surface area contributed by atoms with Crippen molar-refractivity contribution in [3.05, 3.63) is 16.3 Å². The third kappa shape index (κ3) is 3.82. The SMILES string of the molecule is CCCN(CCN(C)C)c1nnc(Cl)c(C)c1C. The Morgan fingerprint density at radius 3 is 2.22 bits per heavy atom. The molecule has 5 heteroatoms. The molecule has 0 aliphatic carbocycles. The fourth-order valence-corrected chi connectivity index (χ4v) is 1.96. The molecule has 0 unspecified atom stereocenters. The number of nitrogens with zero attached hydrogens (tertiary/aromatic N) is 4. The van der Waals surface area contributed by atoms with Crippen LogP contribution < -0.4 is 4.90 Å². The minimum Gasteiger partial charge on any atom is -0.354 e. The molecule has 0 spiro atoms. The van der Waals surface area contributed by atoms with Crippen molar-refractivity contribution in [3.63, 3.8) is 0 Å². The molecule has 0 saturated carbocycles. The summed E-state index contributed by atoms with van der Waals surface area (Å²) in [5.74, 6) is 0.959. The molecule has 0 aliphatic rings. The number of aromatic nitrogens is 2. The van der Waals surface area contributed by atoms with E-state index in [9.17, 15) is 0 Å². The van der Waals surface area contributed by atoms with E-state index in [0.717, 1.165) is 43.0 Å². The van der Waals surface area contributed by atoms with E-state index < -0.39 is 0 Å². The molecule has 1 rings (SSSR count). The Bertz CT molecular complexity index is 393. The lowest BCUT2D eigenvalue weighted by atomic mass is 10.2. The number of hydrogen-bond acceptors (Lipinski definition) is 4. The van der Waals surface area contributed by atoms with Crippen LogP contribution in [0.2, 0.25) is 5.15 Å². The zero-order valence-corrected chi connectivity index (χ0v) is 12.8. The van der Waals surface area contributed by atoms with Crippen molar-refractivity contribution in [2.75, 3.05) is 38.6 Å². The summed E-state index contributed by atoms with van der Waals surface area (Å²) in [4.78, 5) is 4.46. The number of hydrogen-bond donors (Lipinski definition) is 0. The van der Waals surface area contributed by atoms with E-state index in [4.69, 9.17) is 11.6 Å². The van der Waals surface area contributed by atoms with Crippen molar-refractivity contribution in [2.45, 2.75) is 27.2 Å². The number of anilines is 1. The van der Waals surface area contributed by atoms with Gasteiger partial charge in [-0.1, -0.05) is 18.5 Å². The van der Waals surface area contributed by atoms with E-state index in [1.165, 1.54) is 0 Å². The molecule has 0 radical (unpaired) electrons. The topological polar surface area (TPSA) is 32.3 Å². The largest absolute Gasteiger partial charge is 0.354 e. The summed E-state index contributed by atoms with van der Waals surface area (Å²) in [6.07, 6.45) is 1.09. The third-order valence-electron chi connectivity index (χ3n) is 3.05. The van der Waals surface area contributed by atoms with Crippen LogP contribution in [0.5, 0.6) is 0 Å². The molecule has 102 valence electrons. The predicted molar refractivity (Wildman–Crippen MR) is 77.6 cm³/mol. The van der Waals surface area contributed by atoms with Crippen LogP contribution in [-0.2, 0) is 0 Å². The van der Waals surface area contributed by atoms with Gasteiger partial charge in [-0.2, -0.15) is 0 Å². The van der Waals surface area contributed by atoms with Crippen LogP contribution in [0.1, 0.15) is 24.5 Å². The molecule has 0 bridgehead atoms. The van der Waals surface area contributed by atoms with Crippen molar-refractivity contribution in [1.29, 1.82) is 0 Å². The smallest absolute Gasteiger partial charge is 0.155 e. The summed E-state index contributed by atoms with van der Waals surface area (Å²) in [5, 5.41) is 8.79. The first kappa shape index (κ1) is 15.2. The van der Waals surface area contributed by atoms with Crippen molar-refractivity contribution >= 4 is 17.4 Å². The molecule has 18 heavy (non-hydrogen) atoms. The Morgan fingerprint density at radius 1 is 1.00 bits per heavy atom. The average Bonchev–Trinajstić information content (AvgIpc) is 2.32. The van der Waals surface area contributed by atoms with Gasteiger partial charge >= 0.3 is 0 Å². The molecular formula is C13H23ClN4. The summed E-state index contributed by atoms with van der Waals surface area (Å²) in [6.45, 7) is 9.17. The van der Waals surface area contributed by atoms with Crippen molar-refractivity contribution in [3.8, 4) is 0 Å². The normalized spacial score (nSPS) is 11.1. The molecule has 0 amide bonds. The van der Waals surface area contributed by atoms with Crippen molar-refractivity contribution < 1.29 is 0 Å². The molecular weight excluding hydrogens is 248 g/mol. The van der Waals surface area contributed by atoms with E-state index >= 15 is 0 Å². The standard InChI is InChI=1S/C13H23ClN4/c1-6-7-18(9-8-17(4)5)13-11(3)10(2)12(14)15-16-13/h6-9H2,1-5H3. The van der Waals surface area contributed by atoms with Crippen LogP contribution in [0.25, 0.3) is 0 Å². The van der Waals surface area contributed by atoms with E-state index in [2.05, 4.69) is 47.9 Å². The first-order valence-electron chi connectivity index (χ1n) is 6.36. The summed E-state index contributed by atoms with van der Waals surface area (Å²) >= 11 is 5.99. The fraction of sp³-hybridized carbons (Fsp3) is 0.692. The van der Waals surface area contributed by atoms with Gasteiger partial charge in [0.25, 0.3) is 0 Å². The van der Waals surface area contributed by atoms with Crippen LogP contribution in [0, 0.1) is 13.8 Å². The number of rotatable bonds is 6. The molecule has 0 fully saturated rings. The zero-order chi connectivity index (χ0) is 13.7. The minimum absolute atomic E-state index is 0.500. The number of halogens is 1. The zero-order valence-electron chi connectivity index (χ0n) is 12.0. The predicted octanol–water partition coefficient (Wildman–Crippen LogP) is 2.52. The monoisotopic (exact) mass is 270 g/mol. The lowest BCUT2D eigenvalue weighted by Crippen LogP contribution is -2.33. The second-order valence-electron chi connectivity index (χ2n) is 4.85. The Kier molecular flexibility index (Phi) is 5.82. The Morgan fingerprint density at radius 2 is 1.67 bits per heavy atom. The Labute approximate surface area is 115 Å². The lowest BCUT2D eigenvalue weighted by Gasteiger charge is -2.26. The molecule has 0 N–H and O–H groups in total. The highest BCUT2D eigenvalue weighted by Crippen LogP contribution is 2.23. The molecule has 0 aromatic carbocycles. The van der Waals surface area contributed by atoms with Gasteiger partial charge in [0.2, 0.25) is 0 Å². The van der Waals surface area contributed by atoms with Gasteiger partial charge in [-0.25, -0.2) is 0 Å². The van der Waals surface area contributed by atoms with Crippen molar-refractivity contribution in [1.82, 2.24) is 15.1 Å². The second kappa shape index (κ2) is 6.90. The van der Waals surface area contributed by atoms with Crippen LogP contribution in [0.3, 0.4) is 0 Å². The average molecular weight is 271 g/mol. The third-order valence-corrected chi connectivity index (χ3v) is 3.41. The summed E-state index contributed by atoms with van der Waals surface area (Å²) in [6, 6.07) is 0. The van der Waals surface area contributed by atoms with Crippen LogP contribution in [-0.4, -0.2) is 48.8 Å². The summed E-state index contributed by atoms with van der Waals surface area (Å²) < 4.78 is 0. The maximum Gasteiger partial charge on any atom is 0.155 e. The van der Waals surface area contributed by atoms with Crippen LogP contribution in [0.4, 0.5) is 5.82 Å². The van der Waals surface area contributed by atoms with Gasteiger partial charge < -0.3 is 9.80 Å². The highest BCUT2D eigenvalue weighted by Gasteiger charge is 2.14. The van der Waals surface area contributed by atoms with Crippen molar-refractivity contribution in [2.24, 2.45) is 0 Å². The molecule has 1 aromatic rings. The minimum atomic E-state index is 0.500. The molecule has 0 saturated heterocycles. The fourth-order valence-electron chi connectivity index (χ4n) is 1.78. The van der Waals surface area contributed by atoms with Gasteiger partial charge in [-0.3, -0.25) is 0 Å². The van der Waals surface area contributed by atoms with Gasteiger partial charge in [0, 0.05) is 19.6 Å². The van der Waals surface area contributed by atoms with E-state index in [1.807, 2.05) is 6.92 Å². The highest BCUT2D eigenvalue weighted by molar-refractivity contribution is 6.30. The highest BCUT2D eigenvalue weighted by atomic mass is 35.5. The quantitative estimate of drug-likeness (QED) is 0.795. The first-order valence-corrected chi connectivity index (χ1v) is 6.74. The molecule has 1 aromatic heterocycles. The molecule has 0 aliphatic heterocycles. The van der Waals surface area contributed by atoms with Gasteiger partial charge in [-0.15, -0.1) is 10.2 Å². The number of likely N-dealkylation sites (N-methyl/N-ethyl adjacent to an activating group) is 1. The maximum absolute atomic E-state index is 5.99. The van der Waals surface area contributed by atoms with E-state index in [1.54, 1.807) is 0 Å². The molecule has 0 atom stereocenters. The van der Waals surface area contributed by atoms with Gasteiger partial charge in [0.1, 0.15) is 0 Å². The molecule has 1 heterocycles. The van der Waals surface area contributed by atoms with Crippen LogP contribution in [0.15, 0.2) is 0 Å². The second-order valence-corrected chi connectivity index (χ2v) is 5.21. The van der Waals surface area contributed by atoms with E-state index in [0.29, 0.717) is 5.15 Å². The first-order chi connectivity index (χ1) is 8.47. The Hall–Kier alpha value is -0.870. The summed E-state index contributed by atoms with van der Waals surface area (Å²) in [5.41, 5.74) is 2.15. The maximum atomic E-state index is 5.99. The molecule has 4 nitrogen and oxygen atoms in total. The Balaban J connectivity index is 2.94. The van der Waals surface area contributed by atoms with Gasteiger partial charge in [0.15, 0.2) is 11.0 Å².